The first-order chi connectivity index (χ1) is 2.91. The predicted molar refractivity (Wildman–Crippen MR) is 25.2 cm³/mol. The van der Waals surface area contributed by atoms with Crippen LogP contribution in [-0.4, -0.2) is 6.29 Å². The van der Waals surface area contributed by atoms with E-state index in [1.165, 1.54) is 0 Å². The minimum atomic E-state index is 0. The molecule has 7 heavy (non-hydrogen) atoms. The molecule has 0 aromatic heterocycles. The van der Waals surface area contributed by atoms with Crippen LogP contribution in [0.2, 0.25) is 0 Å². The fourth-order valence-electron chi connectivity index (χ4n) is 0.249. The first-order valence-electron chi connectivity index (χ1n) is 2.26. The molecule has 0 N–H and O–H groups in total. The normalized spacial score (nSPS) is 7.00. The van der Waals surface area contributed by atoms with Gasteiger partial charge < -0.3 is 4.79 Å². The standard InChI is InChI=1S/C5H9O.Li/c1-2-3-4-5-6;/h2-4H2,1H3;/q-1;+1. The van der Waals surface area contributed by atoms with E-state index in [2.05, 4.69) is 6.92 Å². The Balaban J connectivity index is 0. The molecule has 0 atom stereocenters. The Bertz CT molecular complexity index is 37.1. The minimum absolute atomic E-state index is 0. The van der Waals surface area contributed by atoms with Crippen LogP contribution in [-0.2, 0) is 4.79 Å². The van der Waals surface area contributed by atoms with Crippen LogP contribution in [0.1, 0.15) is 26.2 Å². The van der Waals surface area contributed by atoms with Crippen molar-refractivity contribution in [1.29, 1.82) is 0 Å². The zero-order valence-corrected chi connectivity index (χ0v) is 5.03. The Hall–Kier alpha value is 0.267. The zero-order chi connectivity index (χ0) is 4.83. The Morgan fingerprint density at radius 1 is 1.57 bits per heavy atom. The van der Waals surface area contributed by atoms with Crippen LogP contribution in [0.15, 0.2) is 0 Å². The molecule has 36 valence electrons. The van der Waals surface area contributed by atoms with E-state index in [-0.39, 0.29) is 18.9 Å². The quantitative estimate of drug-likeness (QED) is 0.230. The first-order valence-corrected chi connectivity index (χ1v) is 2.26. The van der Waals surface area contributed by atoms with Gasteiger partial charge in [0.2, 0.25) is 0 Å². The van der Waals surface area contributed by atoms with Gasteiger partial charge in [-0.25, -0.2) is 0 Å². The van der Waals surface area contributed by atoms with Crippen LogP contribution >= 0.6 is 0 Å². The summed E-state index contributed by atoms with van der Waals surface area (Å²) >= 11 is 0. The molecule has 0 aromatic rings. The van der Waals surface area contributed by atoms with Crippen LogP contribution in [0.25, 0.3) is 0 Å². The Kier molecular flexibility index (Phi) is 14.0. The summed E-state index contributed by atoms with van der Waals surface area (Å²) in [6.45, 7) is 2.05. The van der Waals surface area contributed by atoms with Crippen LogP contribution < -0.4 is 18.9 Å². The Morgan fingerprint density at radius 3 is 2.29 bits per heavy atom. The largest absolute Gasteiger partial charge is 1.00 e. The van der Waals surface area contributed by atoms with Gasteiger partial charge in [-0.2, -0.15) is 6.42 Å². The summed E-state index contributed by atoms with van der Waals surface area (Å²) in [5.74, 6) is 0. The van der Waals surface area contributed by atoms with Crippen molar-refractivity contribution in [2.45, 2.75) is 26.2 Å². The summed E-state index contributed by atoms with van der Waals surface area (Å²) in [6.07, 6.45) is 4.51. The molecule has 0 heterocycles. The molecule has 0 saturated heterocycles. The van der Waals surface area contributed by atoms with Crippen molar-refractivity contribution in [3.8, 4) is 0 Å². The summed E-state index contributed by atoms with van der Waals surface area (Å²) < 4.78 is 0. The molecular weight excluding hydrogens is 83.0 g/mol. The summed E-state index contributed by atoms with van der Waals surface area (Å²) in [6, 6.07) is 0. The molecule has 0 unspecified atom stereocenters. The van der Waals surface area contributed by atoms with Gasteiger partial charge in [0.1, 0.15) is 0 Å². The second-order valence-corrected chi connectivity index (χ2v) is 1.25. The molecule has 0 fully saturated rings. The Morgan fingerprint density at radius 2 is 2.14 bits per heavy atom. The zero-order valence-electron chi connectivity index (χ0n) is 5.03. The Labute approximate surface area is 56.7 Å². The molecule has 0 saturated carbocycles. The fraction of sp³-hybridized carbons (Fsp3) is 0.800. The maximum atomic E-state index is 9.44. The van der Waals surface area contributed by atoms with Gasteiger partial charge in [0, 0.05) is 0 Å². The monoisotopic (exact) mass is 92.1 g/mol. The molecule has 0 bridgehead atoms. The van der Waals surface area contributed by atoms with Gasteiger partial charge in [-0.05, 0) is 0 Å². The van der Waals surface area contributed by atoms with Crippen molar-refractivity contribution in [2.75, 3.05) is 0 Å². The van der Waals surface area contributed by atoms with Gasteiger partial charge >= 0.3 is 18.9 Å². The third kappa shape index (κ3) is 10.7. The van der Waals surface area contributed by atoms with Crippen molar-refractivity contribution in [3.05, 3.63) is 0 Å². The molecular formula is C5H9LiO. The molecule has 0 aliphatic rings. The van der Waals surface area contributed by atoms with E-state index in [1.54, 1.807) is 0 Å². The van der Waals surface area contributed by atoms with Crippen LogP contribution in [0, 0.1) is 0 Å². The molecule has 0 radical (unpaired) electrons. The van der Waals surface area contributed by atoms with E-state index in [0.29, 0.717) is 6.42 Å². The van der Waals surface area contributed by atoms with E-state index in [1.807, 2.05) is 6.29 Å². The molecule has 0 aliphatic carbocycles. The van der Waals surface area contributed by atoms with Crippen molar-refractivity contribution in [1.82, 2.24) is 0 Å². The smallest absolute Gasteiger partial charge is 0.542 e. The van der Waals surface area contributed by atoms with Crippen LogP contribution in [0.5, 0.6) is 0 Å². The molecule has 0 spiro atoms. The number of rotatable bonds is 3. The van der Waals surface area contributed by atoms with Gasteiger partial charge in [-0.1, -0.05) is 19.8 Å². The van der Waals surface area contributed by atoms with Crippen LogP contribution in [0.4, 0.5) is 0 Å². The third-order valence-corrected chi connectivity index (χ3v) is 0.632. The van der Waals surface area contributed by atoms with Gasteiger partial charge in [0.05, 0.1) is 0 Å². The SMILES string of the molecule is CCCC[C-]=O.[Li+]. The maximum Gasteiger partial charge on any atom is 1.00 e. The molecule has 0 aromatic carbocycles. The van der Waals surface area contributed by atoms with Crippen molar-refractivity contribution in [3.63, 3.8) is 0 Å². The predicted octanol–water partition coefficient (Wildman–Crippen LogP) is -1.71. The van der Waals surface area contributed by atoms with Gasteiger partial charge in [0.25, 0.3) is 0 Å². The number of carbonyl (C=O) groups excluding carboxylic acids is 1. The van der Waals surface area contributed by atoms with Gasteiger partial charge in [0.15, 0.2) is 0 Å². The molecule has 0 amide bonds. The number of hydrogen-bond donors (Lipinski definition) is 0. The van der Waals surface area contributed by atoms with Gasteiger partial charge in [-0.15, -0.1) is 0 Å². The second kappa shape index (κ2) is 9.55. The minimum Gasteiger partial charge on any atom is -0.542 e. The molecule has 1 nitrogen and oxygen atoms in total. The average Bonchev–Trinajstić information content (AvgIpc) is 1.61. The maximum absolute atomic E-state index is 9.44. The molecule has 0 rings (SSSR count). The van der Waals surface area contributed by atoms with Gasteiger partial charge in [-0.3, -0.25) is 6.29 Å². The average molecular weight is 92.1 g/mol. The van der Waals surface area contributed by atoms with E-state index in [4.69, 9.17) is 0 Å². The topological polar surface area (TPSA) is 17.1 Å². The molecule has 2 heteroatoms. The summed E-state index contributed by atoms with van der Waals surface area (Å²) in [7, 11) is 0. The second-order valence-electron chi connectivity index (χ2n) is 1.25. The summed E-state index contributed by atoms with van der Waals surface area (Å²) in [4.78, 5) is 9.44. The summed E-state index contributed by atoms with van der Waals surface area (Å²) in [5, 5.41) is 0. The van der Waals surface area contributed by atoms with Crippen LogP contribution in [0.3, 0.4) is 0 Å². The number of unbranched alkanes of at least 4 members (excludes halogenated alkanes) is 2. The van der Waals surface area contributed by atoms with E-state index in [9.17, 15) is 4.79 Å². The summed E-state index contributed by atoms with van der Waals surface area (Å²) in [5.41, 5.74) is 0. The fourth-order valence-corrected chi connectivity index (χ4v) is 0.249. The van der Waals surface area contributed by atoms with E-state index >= 15 is 0 Å². The van der Waals surface area contributed by atoms with Crippen molar-refractivity contribution in [2.24, 2.45) is 0 Å². The van der Waals surface area contributed by atoms with Crippen molar-refractivity contribution >= 4 is 6.29 Å². The van der Waals surface area contributed by atoms with E-state index < -0.39 is 0 Å². The molecule has 0 aliphatic heterocycles. The van der Waals surface area contributed by atoms with Crippen molar-refractivity contribution < 1.29 is 23.7 Å². The first kappa shape index (κ1) is 10.3. The van der Waals surface area contributed by atoms with E-state index in [0.717, 1.165) is 12.8 Å². The third-order valence-electron chi connectivity index (χ3n) is 0.632. The number of hydrogen-bond acceptors (Lipinski definition) is 1.